The van der Waals surface area contributed by atoms with E-state index in [1.54, 1.807) is 6.07 Å². The van der Waals surface area contributed by atoms with Crippen LogP contribution in [0.15, 0.2) is 12.1 Å². The fourth-order valence-corrected chi connectivity index (χ4v) is 3.49. The minimum absolute atomic E-state index is 0.139. The molecule has 1 saturated carbocycles. The summed E-state index contributed by atoms with van der Waals surface area (Å²) >= 11 is 11.9. The zero-order valence-corrected chi connectivity index (χ0v) is 12.7. The smallest absolute Gasteiger partial charge is 0.144 e. The van der Waals surface area contributed by atoms with Crippen LogP contribution in [0.1, 0.15) is 37.9 Å². The van der Waals surface area contributed by atoms with Crippen LogP contribution < -0.4 is 0 Å². The van der Waals surface area contributed by atoms with Crippen molar-refractivity contribution in [2.75, 3.05) is 0 Å². The molecule has 1 aliphatic carbocycles. The van der Waals surface area contributed by atoms with Crippen molar-refractivity contribution in [3.8, 4) is 0 Å². The van der Waals surface area contributed by atoms with Crippen LogP contribution in [-0.4, -0.2) is 9.55 Å². The van der Waals surface area contributed by atoms with Gasteiger partial charge in [-0.1, -0.05) is 37.3 Å². The number of halogens is 3. The van der Waals surface area contributed by atoms with E-state index in [1.165, 1.54) is 31.7 Å². The molecule has 0 spiro atoms. The first kappa shape index (κ1) is 14.2. The highest BCUT2D eigenvalue weighted by atomic mass is 35.5. The number of rotatable bonds is 4. The fraction of sp³-hybridized carbons (Fsp3) is 0.533. The van der Waals surface area contributed by atoms with Gasteiger partial charge in [0.05, 0.1) is 21.9 Å². The lowest BCUT2D eigenvalue weighted by Crippen LogP contribution is -2.06. The third kappa shape index (κ3) is 2.66. The Bertz CT molecular complexity index is 618. The summed E-state index contributed by atoms with van der Waals surface area (Å²) in [6.45, 7) is 0.880. The van der Waals surface area contributed by atoms with Gasteiger partial charge in [0.2, 0.25) is 0 Å². The molecule has 0 radical (unpaired) electrons. The lowest BCUT2D eigenvalue weighted by atomic mass is 10.0. The third-order valence-electron chi connectivity index (χ3n) is 4.22. The van der Waals surface area contributed by atoms with Gasteiger partial charge in [0.1, 0.15) is 11.6 Å². The third-order valence-corrected chi connectivity index (χ3v) is 4.75. The molecule has 0 N–H and O–H groups in total. The summed E-state index contributed by atoms with van der Waals surface area (Å²) in [5, 5.41) is 0.139. The Morgan fingerprint density at radius 1 is 1.30 bits per heavy atom. The number of aromatic nitrogens is 2. The molecular weight excluding hydrogens is 298 g/mol. The van der Waals surface area contributed by atoms with Crippen LogP contribution in [0.5, 0.6) is 0 Å². The fourth-order valence-electron chi connectivity index (χ4n) is 3.13. The molecule has 108 valence electrons. The summed E-state index contributed by atoms with van der Waals surface area (Å²) in [7, 11) is 0. The maximum Gasteiger partial charge on any atom is 0.144 e. The van der Waals surface area contributed by atoms with E-state index in [9.17, 15) is 4.39 Å². The van der Waals surface area contributed by atoms with Gasteiger partial charge in [-0.05, 0) is 18.4 Å². The van der Waals surface area contributed by atoms with Crippen molar-refractivity contribution < 1.29 is 4.39 Å². The highest BCUT2D eigenvalue weighted by molar-refractivity contribution is 6.31. The zero-order chi connectivity index (χ0) is 14.1. The summed E-state index contributed by atoms with van der Waals surface area (Å²) in [4.78, 5) is 4.41. The van der Waals surface area contributed by atoms with Gasteiger partial charge in [0, 0.05) is 12.6 Å². The number of nitrogens with zero attached hydrogens (tertiary/aromatic N) is 2. The molecule has 20 heavy (non-hydrogen) atoms. The number of alkyl halides is 1. The molecule has 1 aliphatic rings. The second-order valence-corrected chi connectivity index (χ2v) is 6.18. The zero-order valence-electron chi connectivity index (χ0n) is 11.2. The van der Waals surface area contributed by atoms with E-state index in [2.05, 4.69) is 9.55 Å². The first-order chi connectivity index (χ1) is 9.69. The van der Waals surface area contributed by atoms with E-state index in [0.29, 0.717) is 11.4 Å². The molecule has 0 bridgehead atoms. The molecule has 1 heterocycles. The van der Waals surface area contributed by atoms with Crippen LogP contribution in [0.4, 0.5) is 4.39 Å². The highest BCUT2D eigenvalue weighted by Crippen LogP contribution is 2.30. The van der Waals surface area contributed by atoms with Gasteiger partial charge in [-0.3, -0.25) is 0 Å². The molecule has 0 aliphatic heterocycles. The number of hydrogen-bond donors (Lipinski definition) is 0. The average Bonchev–Trinajstić information content (AvgIpc) is 3.05. The Hall–Kier alpha value is -0.800. The van der Waals surface area contributed by atoms with E-state index in [4.69, 9.17) is 23.2 Å². The summed E-state index contributed by atoms with van der Waals surface area (Å²) in [5.74, 6) is 1.49. The van der Waals surface area contributed by atoms with Crippen molar-refractivity contribution in [2.24, 2.45) is 5.92 Å². The van der Waals surface area contributed by atoms with Crippen LogP contribution in [0.2, 0.25) is 5.02 Å². The van der Waals surface area contributed by atoms with Gasteiger partial charge >= 0.3 is 0 Å². The normalized spacial score (nSPS) is 16.4. The number of hydrogen-bond acceptors (Lipinski definition) is 1. The average molecular weight is 315 g/mol. The molecule has 3 rings (SSSR count). The van der Waals surface area contributed by atoms with Gasteiger partial charge in [0.15, 0.2) is 0 Å². The maximum absolute atomic E-state index is 13.5. The molecule has 1 aromatic heterocycles. The molecule has 0 atom stereocenters. The number of benzene rings is 1. The largest absolute Gasteiger partial charge is 0.327 e. The highest BCUT2D eigenvalue weighted by Gasteiger charge is 2.17. The van der Waals surface area contributed by atoms with Crippen molar-refractivity contribution in [1.82, 2.24) is 9.55 Å². The molecule has 5 heteroatoms. The van der Waals surface area contributed by atoms with Crippen molar-refractivity contribution in [3.63, 3.8) is 0 Å². The molecule has 1 fully saturated rings. The predicted molar refractivity (Wildman–Crippen MR) is 80.8 cm³/mol. The van der Waals surface area contributed by atoms with E-state index >= 15 is 0 Å². The van der Waals surface area contributed by atoms with Gasteiger partial charge in [-0.25, -0.2) is 9.37 Å². The Kier molecular flexibility index (Phi) is 4.18. The maximum atomic E-state index is 13.5. The van der Waals surface area contributed by atoms with E-state index in [-0.39, 0.29) is 5.02 Å². The van der Waals surface area contributed by atoms with Crippen molar-refractivity contribution in [1.29, 1.82) is 0 Å². The molecule has 0 amide bonds. The van der Waals surface area contributed by atoms with Gasteiger partial charge in [-0.15, -0.1) is 11.6 Å². The summed E-state index contributed by atoms with van der Waals surface area (Å²) in [6.07, 6.45) is 6.45. The van der Waals surface area contributed by atoms with Crippen LogP contribution in [-0.2, 0) is 12.4 Å². The number of imidazole rings is 1. The Morgan fingerprint density at radius 2 is 2.05 bits per heavy atom. The molecule has 2 aromatic rings. The SMILES string of the molecule is Fc1cc2nc(CCl)n(CCC3CCCC3)c2cc1Cl. The second-order valence-electron chi connectivity index (χ2n) is 5.51. The Labute approximate surface area is 127 Å². The van der Waals surface area contributed by atoms with E-state index < -0.39 is 5.82 Å². The second kappa shape index (κ2) is 5.90. The summed E-state index contributed by atoms with van der Waals surface area (Å²) in [5.41, 5.74) is 1.51. The number of fused-ring (bicyclic) bond motifs is 1. The molecule has 0 unspecified atom stereocenters. The van der Waals surface area contributed by atoms with Crippen LogP contribution in [0, 0.1) is 11.7 Å². The Morgan fingerprint density at radius 3 is 2.75 bits per heavy atom. The van der Waals surface area contributed by atoms with Gasteiger partial charge in [0.25, 0.3) is 0 Å². The first-order valence-electron chi connectivity index (χ1n) is 7.09. The molecule has 2 nitrogen and oxygen atoms in total. The van der Waals surface area contributed by atoms with Gasteiger partial charge in [-0.2, -0.15) is 0 Å². The van der Waals surface area contributed by atoms with Gasteiger partial charge < -0.3 is 4.57 Å². The Balaban J connectivity index is 1.92. The van der Waals surface area contributed by atoms with Crippen molar-refractivity contribution in [3.05, 3.63) is 28.8 Å². The lowest BCUT2D eigenvalue weighted by molar-refractivity contribution is 0.458. The standard InChI is InChI=1S/C15H17Cl2FN2/c16-9-15-19-13-8-12(18)11(17)7-14(13)20(15)6-5-10-3-1-2-4-10/h7-8,10H,1-6,9H2. The monoisotopic (exact) mass is 314 g/mol. The van der Waals surface area contributed by atoms with Crippen molar-refractivity contribution in [2.45, 2.75) is 44.5 Å². The van der Waals surface area contributed by atoms with Crippen LogP contribution in [0.3, 0.4) is 0 Å². The molecular formula is C15H17Cl2FN2. The van der Waals surface area contributed by atoms with Crippen LogP contribution >= 0.6 is 23.2 Å². The minimum atomic E-state index is -0.430. The summed E-state index contributed by atoms with van der Waals surface area (Å²) in [6, 6.07) is 3.05. The first-order valence-corrected chi connectivity index (χ1v) is 8.00. The van der Waals surface area contributed by atoms with Crippen LogP contribution in [0.25, 0.3) is 11.0 Å². The topological polar surface area (TPSA) is 17.8 Å². The quantitative estimate of drug-likeness (QED) is 0.714. The van der Waals surface area contributed by atoms with Crippen molar-refractivity contribution >= 4 is 34.2 Å². The molecule has 0 saturated heterocycles. The van der Waals surface area contributed by atoms with E-state index in [0.717, 1.165) is 30.2 Å². The lowest BCUT2D eigenvalue weighted by Gasteiger charge is -2.12. The predicted octanol–water partition coefficient (Wildman–Crippen LogP) is 5.15. The minimum Gasteiger partial charge on any atom is -0.327 e. The summed E-state index contributed by atoms with van der Waals surface area (Å²) < 4.78 is 15.6. The van der Waals surface area contributed by atoms with E-state index in [1.807, 2.05) is 0 Å². The molecule has 1 aromatic carbocycles. The number of aryl methyl sites for hydroxylation is 1.